The van der Waals surface area contributed by atoms with E-state index in [1.807, 2.05) is 0 Å². The second kappa shape index (κ2) is 11.8. The number of hydrogen-bond donors (Lipinski definition) is 9. The summed E-state index contributed by atoms with van der Waals surface area (Å²) < 4.78 is 28.5. The van der Waals surface area contributed by atoms with Crippen molar-refractivity contribution in [1.29, 1.82) is 0 Å². The van der Waals surface area contributed by atoms with Gasteiger partial charge in [-0.2, -0.15) is 0 Å². The average Bonchev–Trinajstić information content (AvgIpc) is 2.95. The third kappa shape index (κ3) is 5.68. The van der Waals surface area contributed by atoms with Gasteiger partial charge in [0.2, 0.25) is 12.0 Å². The predicted molar refractivity (Wildman–Crippen MR) is 141 cm³/mol. The van der Waals surface area contributed by atoms with Gasteiger partial charge in [0.1, 0.15) is 65.4 Å². The lowest BCUT2D eigenvalue weighted by molar-refractivity contribution is -0.318. The van der Waals surface area contributed by atoms with Crippen LogP contribution in [0.5, 0.6) is 23.0 Å². The van der Waals surface area contributed by atoms with Crippen LogP contribution in [0.15, 0.2) is 40.8 Å². The van der Waals surface area contributed by atoms with Crippen molar-refractivity contribution in [2.24, 2.45) is 0 Å². The molecule has 2 aliphatic rings. The van der Waals surface area contributed by atoms with Crippen LogP contribution in [0.2, 0.25) is 0 Å². The quantitative estimate of drug-likeness (QED) is 0.169. The van der Waals surface area contributed by atoms with E-state index in [0.29, 0.717) is 11.1 Å². The number of aromatic hydroxyl groups is 3. The number of benzene rings is 2. The third-order valence-corrected chi connectivity index (χ3v) is 7.43. The van der Waals surface area contributed by atoms with Gasteiger partial charge in [-0.05, 0) is 31.5 Å². The predicted octanol–water partition coefficient (Wildman–Crippen LogP) is -0.163. The normalized spacial score (nSPS) is 33.5. The van der Waals surface area contributed by atoms with Gasteiger partial charge in [0.15, 0.2) is 6.29 Å². The number of hydrogen-bond acceptors (Lipinski definition) is 13. The summed E-state index contributed by atoms with van der Waals surface area (Å²) in [7, 11) is 0. The van der Waals surface area contributed by atoms with E-state index in [0.717, 1.165) is 6.07 Å². The van der Waals surface area contributed by atoms with Crippen LogP contribution in [0.25, 0.3) is 22.3 Å². The van der Waals surface area contributed by atoms with E-state index in [4.69, 9.17) is 23.4 Å². The van der Waals surface area contributed by atoms with E-state index >= 15 is 0 Å². The standard InChI is InChI=1S/C28H32O14/c1-10-3-4-12(5-15(10)30)26-18(8-14-16(31)6-13(29)7-17(14)40-26)41-28-25(37)23(35)21(33)19(42-28)9-38-27-24(36)22(34)20(32)11(2)39-27/h3-8,11,19-25,27-28,32-37H,9H2,1-2H3,(H2-,29,30,31)/p+1. The topological polar surface area (TPSA) is 230 Å². The van der Waals surface area contributed by atoms with E-state index in [2.05, 4.69) is 0 Å². The first-order valence-electron chi connectivity index (χ1n) is 13.2. The monoisotopic (exact) mass is 593 g/mol. The Morgan fingerprint density at radius 1 is 0.762 bits per heavy atom. The molecule has 9 N–H and O–H groups in total. The molecule has 1 aromatic heterocycles. The molecule has 0 amide bonds. The molecule has 3 aromatic rings. The summed E-state index contributed by atoms with van der Waals surface area (Å²) in [6, 6.07) is 8.31. The highest BCUT2D eigenvalue weighted by Gasteiger charge is 2.48. The van der Waals surface area contributed by atoms with Gasteiger partial charge in [0, 0.05) is 12.1 Å². The number of fused-ring (bicyclic) bond motifs is 1. The third-order valence-electron chi connectivity index (χ3n) is 7.43. The second-order valence-corrected chi connectivity index (χ2v) is 10.5. The molecule has 0 aliphatic carbocycles. The number of phenols is 3. The number of phenolic OH excluding ortho intramolecular Hbond substituents is 3. The molecule has 3 heterocycles. The molecule has 42 heavy (non-hydrogen) atoms. The number of rotatable bonds is 6. The highest BCUT2D eigenvalue weighted by Crippen LogP contribution is 2.41. The summed E-state index contributed by atoms with van der Waals surface area (Å²) in [5.74, 6) is -0.777. The van der Waals surface area contributed by atoms with Crippen molar-refractivity contribution in [2.45, 2.75) is 75.3 Å². The minimum Gasteiger partial charge on any atom is -0.508 e. The Kier molecular flexibility index (Phi) is 8.44. The second-order valence-electron chi connectivity index (χ2n) is 10.5. The van der Waals surface area contributed by atoms with Gasteiger partial charge >= 0.3 is 11.3 Å². The highest BCUT2D eigenvalue weighted by atomic mass is 16.7. The fraction of sp³-hybridized carbons (Fsp3) is 0.464. The summed E-state index contributed by atoms with van der Waals surface area (Å²) in [6.45, 7) is 2.65. The van der Waals surface area contributed by atoms with Crippen molar-refractivity contribution >= 4 is 11.0 Å². The van der Waals surface area contributed by atoms with Crippen molar-refractivity contribution in [3.8, 4) is 34.3 Å². The molecule has 14 nitrogen and oxygen atoms in total. The molecule has 2 saturated heterocycles. The first-order chi connectivity index (χ1) is 19.8. The van der Waals surface area contributed by atoms with Gasteiger partial charge in [-0.25, -0.2) is 4.42 Å². The van der Waals surface area contributed by atoms with Crippen LogP contribution < -0.4 is 4.74 Å². The molecule has 228 valence electrons. The smallest absolute Gasteiger partial charge is 0.402 e. The Labute approximate surface area is 238 Å². The van der Waals surface area contributed by atoms with Crippen LogP contribution in [0.3, 0.4) is 0 Å². The van der Waals surface area contributed by atoms with Gasteiger partial charge in [-0.3, -0.25) is 0 Å². The van der Waals surface area contributed by atoms with Crippen molar-refractivity contribution in [3.63, 3.8) is 0 Å². The molecule has 0 bridgehead atoms. The minimum absolute atomic E-state index is 0.00673. The SMILES string of the molecule is Cc1ccc(-c2[o+]c3cc(O)cc(O)c3cc2OC2OC(COC3OC(C)C(O)C(O)C3O)C(O)C(O)C2O)cc1O. The fourth-order valence-corrected chi connectivity index (χ4v) is 4.84. The van der Waals surface area contributed by atoms with Crippen LogP contribution in [0.1, 0.15) is 12.5 Å². The molecule has 5 rings (SSSR count). The molecule has 10 atom stereocenters. The lowest BCUT2D eigenvalue weighted by atomic mass is 9.98. The molecule has 2 aliphatic heterocycles. The Bertz CT molecular complexity index is 1430. The van der Waals surface area contributed by atoms with Crippen molar-refractivity contribution in [2.75, 3.05) is 6.61 Å². The summed E-state index contributed by atoms with van der Waals surface area (Å²) in [4.78, 5) is 0. The van der Waals surface area contributed by atoms with Gasteiger partial charge in [0.25, 0.3) is 0 Å². The summed E-state index contributed by atoms with van der Waals surface area (Å²) in [6.07, 6.45) is -15.0. The molecular weight excluding hydrogens is 560 g/mol. The molecule has 10 unspecified atom stereocenters. The molecule has 0 radical (unpaired) electrons. The molecule has 0 saturated carbocycles. The summed E-state index contributed by atoms with van der Waals surface area (Å²) >= 11 is 0. The zero-order valence-corrected chi connectivity index (χ0v) is 22.5. The largest absolute Gasteiger partial charge is 0.508 e. The Hall–Kier alpha value is -3.31. The number of aliphatic hydroxyl groups excluding tert-OH is 6. The maximum Gasteiger partial charge on any atom is 0.402 e. The maximum atomic E-state index is 10.7. The number of aliphatic hydroxyl groups is 6. The van der Waals surface area contributed by atoms with Crippen LogP contribution in [-0.4, -0.2) is 114 Å². The van der Waals surface area contributed by atoms with Gasteiger partial charge in [-0.15, -0.1) is 0 Å². The van der Waals surface area contributed by atoms with Gasteiger partial charge < -0.3 is 64.9 Å². The van der Waals surface area contributed by atoms with E-state index in [1.165, 1.54) is 25.1 Å². The lowest BCUT2D eigenvalue weighted by Crippen LogP contribution is -2.61. The summed E-state index contributed by atoms with van der Waals surface area (Å²) in [5, 5.41) is 92.7. The average molecular weight is 594 g/mol. The lowest BCUT2D eigenvalue weighted by Gasteiger charge is -2.42. The molecule has 14 heteroatoms. The first kappa shape index (κ1) is 30.2. The van der Waals surface area contributed by atoms with Crippen LogP contribution in [0.4, 0.5) is 0 Å². The van der Waals surface area contributed by atoms with Crippen LogP contribution >= 0.6 is 0 Å². The highest BCUT2D eigenvalue weighted by molar-refractivity contribution is 5.88. The number of aryl methyl sites for hydroxylation is 1. The van der Waals surface area contributed by atoms with Crippen molar-refractivity contribution in [1.82, 2.24) is 0 Å². The van der Waals surface area contributed by atoms with Crippen molar-refractivity contribution in [3.05, 3.63) is 42.0 Å². The van der Waals surface area contributed by atoms with Crippen molar-refractivity contribution < 1.29 is 69.3 Å². The van der Waals surface area contributed by atoms with Crippen LogP contribution in [-0.2, 0) is 14.2 Å². The van der Waals surface area contributed by atoms with Gasteiger partial charge in [0.05, 0.1) is 24.3 Å². The van der Waals surface area contributed by atoms with E-state index < -0.39 is 68.0 Å². The summed E-state index contributed by atoms with van der Waals surface area (Å²) in [5.41, 5.74) is 0.961. The minimum atomic E-state index is -1.78. The van der Waals surface area contributed by atoms with Gasteiger partial charge in [-0.1, -0.05) is 6.07 Å². The van der Waals surface area contributed by atoms with E-state index in [9.17, 15) is 46.0 Å². The van der Waals surface area contributed by atoms with E-state index in [1.54, 1.807) is 19.1 Å². The Morgan fingerprint density at radius 2 is 1.45 bits per heavy atom. The van der Waals surface area contributed by atoms with Crippen LogP contribution in [0, 0.1) is 6.92 Å². The number of ether oxygens (including phenoxy) is 4. The first-order valence-corrected chi connectivity index (χ1v) is 13.2. The Morgan fingerprint density at radius 3 is 2.17 bits per heavy atom. The molecular formula is C28H33O14+. The molecule has 2 aromatic carbocycles. The fourth-order valence-electron chi connectivity index (χ4n) is 4.84. The van der Waals surface area contributed by atoms with E-state index in [-0.39, 0.29) is 39.7 Å². The zero-order valence-electron chi connectivity index (χ0n) is 22.5. The maximum absolute atomic E-state index is 10.7. The molecule has 0 spiro atoms. The zero-order chi connectivity index (χ0) is 30.5. The molecule has 2 fully saturated rings. The Balaban J connectivity index is 1.44.